The molecule has 1 heterocycles. The van der Waals surface area contributed by atoms with Crippen LogP contribution in [-0.4, -0.2) is 33.0 Å². The molecule has 4 heteroatoms. The lowest BCUT2D eigenvalue weighted by atomic mass is 9.99. The molecule has 1 aliphatic heterocycles. The number of benzene rings is 1. The standard InChI is InChI=1S/C12H16N2O2/c1-16-12(9-13-5-6-14-12)11-4-2-3-10(7-11)8-15/h2-4,7-8,13-14H,5-6,9H2,1H3/t12-/m0/s1. The number of carbonyl (C=O) groups excluding carboxylic acids is 1. The van der Waals surface area contributed by atoms with Crippen LogP contribution in [0.2, 0.25) is 0 Å². The molecule has 1 aromatic carbocycles. The summed E-state index contributed by atoms with van der Waals surface area (Å²) in [7, 11) is 1.67. The number of carbonyl (C=O) groups is 1. The average molecular weight is 220 g/mol. The first-order chi connectivity index (χ1) is 7.80. The van der Waals surface area contributed by atoms with Crippen LogP contribution in [0.4, 0.5) is 0 Å². The van der Waals surface area contributed by atoms with Crippen molar-refractivity contribution >= 4 is 6.29 Å². The van der Waals surface area contributed by atoms with Crippen molar-refractivity contribution < 1.29 is 9.53 Å². The quantitative estimate of drug-likeness (QED) is 0.728. The summed E-state index contributed by atoms with van der Waals surface area (Å²) in [6.45, 7) is 2.48. The molecule has 0 bridgehead atoms. The summed E-state index contributed by atoms with van der Waals surface area (Å²) >= 11 is 0. The van der Waals surface area contributed by atoms with Crippen molar-refractivity contribution in [1.82, 2.24) is 10.6 Å². The second-order valence-corrected chi connectivity index (χ2v) is 3.88. The van der Waals surface area contributed by atoms with E-state index in [-0.39, 0.29) is 0 Å². The van der Waals surface area contributed by atoms with Crippen molar-refractivity contribution in [2.75, 3.05) is 26.7 Å². The van der Waals surface area contributed by atoms with Crippen molar-refractivity contribution in [3.63, 3.8) is 0 Å². The maximum absolute atomic E-state index is 10.8. The van der Waals surface area contributed by atoms with Gasteiger partial charge in [-0.05, 0) is 6.07 Å². The number of hydrogen-bond donors (Lipinski definition) is 2. The molecule has 0 aliphatic carbocycles. The Bertz CT molecular complexity index is 373. The van der Waals surface area contributed by atoms with Crippen LogP contribution >= 0.6 is 0 Å². The lowest BCUT2D eigenvalue weighted by Gasteiger charge is -2.38. The van der Waals surface area contributed by atoms with E-state index < -0.39 is 5.72 Å². The van der Waals surface area contributed by atoms with Crippen LogP contribution < -0.4 is 10.6 Å². The van der Waals surface area contributed by atoms with E-state index in [1.807, 2.05) is 18.2 Å². The Morgan fingerprint density at radius 3 is 2.94 bits per heavy atom. The topological polar surface area (TPSA) is 50.4 Å². The number of rotatable bonds is 3. The van der Waals surface area contributed by atoms with Crippen LogP contribution in [-0.2, 0) is 10.5 Å². The van der Waals surface area contributed by atoms with Gasteiger partial charge in [0.25, 0.3) is 0 Å². The summed E-state index contributed by atoms with van der Waals surface area (Å²) in [5, 5.41) is 6.64. The van der Waals surface area contributed by atoms with Gasteiger partial charge in [-0.2, -0.15) is 0 Å². The Kier molecular flexibility index (Phi) is 3.33. The van der Waals surface area contributed by atoms with Gasteiger partial charge in [-0.15, -0.1) is 0 Å². The van der Waals surface area contributed by atoms with E-state index in [2.05, 4.69) is 10.6 Å². The molecule has 0 saturated carbocycles. The highest BCUT2D eigenvalue weighted by Gasteiger charge is 2.33. The maximum Gasteiger partial charge on any atom is 0.157 e. The van der Waals surface area contributed by atoms with Crippen LogP contribution in [0.5, 0.6) is 0 Å². The second kappa shape index (κ2) is 4.74. The molecule has 1 aliphatic rings. The van der Waals surface area contributed by atoms with Gasteiger partial charge in [0.15, 0.2) is 5.72 Å². The van der Waals surface area contributed by atoms with Crippen LogP contribution in [0.25, 0.3) is 0 Å². The fourth-order valence-corrected chi connectivity index (χ4v) is 2.01. The Balaban J connectivity index is 2.34. The molecule has 16 heavy (non-hydrogen) atoms. The highest BCUT2D eigenvalue weighted by atomic mass is 16.5. The lowest BCUT2D eigenvalue weighted by molar-refractivity contribution is -0.0536. The van der Waals surface area contributed by atoms with Gasteiger partial charge in [-0.3, -0.25) is 10.1 Å². The fourth-order valence-electron chi connectivity index (χ4n) is 2.01. The predicted molar refractivity (Wildman–Crippen MR) is 61.4 cm³/mol. The minimum Gasteiger partial charge on any atom is -0.358 e. The summed E-state index contributed by atoms with van der Waals surface area (Å²) in [6.07, 6.45) is 0.850. The minimum atomic E-state index is -0.517. The van der Waals surface area contributed by atoms with Crippen molar-refractivity contribution in [3.8, 4) is 0 Å². The van der Waals surface area contributed by atoms with E-state index in [1.165, 1.54) is 0 Å². The van der Waals surface area contributed by atoms with Gasteiger partial charge in [-0.1, -0.05) is 18.2 Å². The molecule has 86 valence electrons. The third kappa shape index (κ3) is 2.00. The van der Waals surface area contributed by atoms with Gasteiger partial charge in [0.1, 0.15) is 6.29 Å². The lowest BCUT2D eigenvalue weighted by Crippen LogP contribution is -2.57. The van der Waals surface area contributed by atoms with Crippen molar-refractivity contribution in [2.45, 2.75) is 5.72 Å². The van der Waals surface area contributed by atoms with Crippen LogP contribution in [0.15, 0.2) is 24.3 Å². The first kappa shape index (κ1) is 11.3. The third-order valence-electron chi connectivity index (χ3n) is 2.92. The van der Waals surface area contributed by atoms with E-state index in [4.69, 9.17) is 4.74 Å². The molecule has 0 radical (unpaired) electrons. The van der Waals surface area contributed by atoms with Gasteiger partial charge in [0, 0.05) is 37.9 Å². The Morgan fingerprint density at radius 2 is 2.31 bits per heavy atom. The number of piperazine rings is 1. The zero-order chi connectivity index (χ0) is 11.4. The second-order valence-electron chi connectivity index (χ2n) is 3.88. The zero-order valence-electron chi connectivity index (χ0n) is 9.32. The minimum absolute atomic E-state index is 0.517. The van der Waals surface area contributed by atoms with Crippen LogP contribution in [0, 0.1) is 0 Å². The fraction of sp³-hybridized carbons (Fsp3) is 0.417. The Labute approximate surface area is 95.0 Å². The molecule has 0 spiro atoms. The summed E-state index contributed by atoms with van der Waals surface area (Å²) in [5.41, 5.74) is 1.13. The van der Waals surface area contributed by atoms with Gasteiger partial charge < -0.3 is 10.1 Å². The summed E-state index contributed by atoms with van der Waals surface area (Å²) in [5.74, 6) is 0. The van der Waals surface area contributed by atoms with Crippen molar-refractivity contribution in [2.24, 2.45) is 0 Å². The molecule has 0 unspecified atom stereocenters. The Morgan fingerprint density at radius 1 is 1.44 bits per heavy atom. The highest BCUT2D eigenvalue weighted by molar-refractivity contribution is 5.75. The SMILES string of the molecule is CO[C@]1(c2cccc(C=O)c2)CNCCN1. The molecule has 0 amide bonds. The van der Waals surface area contributed by atoms with Crippen molar-refractivity contribution in [3.05, 3.63) is 35.4 Å². The normalized spacial score (nSPS) is 25.3. The summed E-state index contributed by atoms with van der Waals surface area (Å²) < 4.78 is 5.57. The average Bonchev–Trinajstić information content (AvgIpc) is 2.39. The van der Waals surface area contributed by atoms with Crippen LogP contribution in [0.1, 0.15) is 15.9 Å². The third-order valence-corrected chi connectivity index (χ3v) is 2.92. The Hall–Kier alpha value is -1.23. The van der Waals surface area contributed by atoms with E-state index in [0.717, 1.165) is 24.9 Å². The molecule has 0 aromatic heterocycles. The van der Waals surface area contributed by atoms with Gasteiger partial charge in [-0.25, -0.2) is 0 Å². The molecular formula is C12H16N2O2. The first-order valence-electron chi connectivity index (χ1n) is 5.37. The molecule has 1 atom stereocenters. The molecule has 4 nitrogen and oxygen atoms in total. The molecule has 1 aromatic rings. The summed E-state index contributed by atoms with van der Waals surface area (Å²) in [6, 6.07) is 7.49. The van der Waals surface area contributed by atoms with E-state index >= 15 is 0 Å². The number of ether oxygens (including phenoxy) is 1. The molecule has 1 fully saturated rings. The van der Waals surface area contributed by atoms with Gasteiger partial charge in [0.2, 0.25) is 0 Å². The monoisotopic (exact) mass is 220 g/mol. The van der Waals surface area contributed by atoms with E-state index in [1.54, 1.807) is 13.2 Å². The number of aldehydes is 1. The predicted octanol–water partition coefficient (Wildman–Crippen LogP) is 0.491. The molecule has 2 N–H and O–H groups in total. The zero-order valence-corrected chi connectivity index (χ0v) is 9.32. The number of hydrogen-bond acceptors (Lipinski definition) is 4. The highest BCUT2D eigenvalue weighted by Crippen LogP contribution is 2.23. The van der Waals surface area contributed by atoms with Gasteiger partial charge in [0.05, 0.1) is 0 Å². The largest absolute Gasteiger partial charge is 0.358 e. The first-order valence-corrected chi connectivity index (χ1v) is 5.37. The van der Waals surface area contributed by atoms with E-state index in [9.17, 15) is 4.79 Å². The smallest absolute Gasteiger partial charge is 0.157 e. The molecule has 1 saturated heterocycles. The van der Waals surface area contributed by atoms with Crippen LogP contribution in [0.3, 0.4) is 0 Å². The number of nitrogens with one attached hydrogen (secondary N) is 2. The maximum atomic E-state index is 10.8. The number of methoxy groups -OCH3 is 1. The van der Waals surface area contributed by atoms with Gasteiger partial charge >= 0.3 is 0 Å². The molecular weight excluding hydrogens is 204 g/mol. The van der Waals surface area contributed by atoms with E-state index in [0.29, 0.717) is 12.1 Å². The summed E-state index contributed by atoms with van der Waals surface area (Å²) in [4.78, 5) is 10.8. The molecule has 2 rings (SSSR count). The van der Waals surface area contributed by atoms with Crippen molar-refractivity contribution in [1.29, 1.82) is 0 Å².